The van der Waals surface area contributed by atoms with E-state index in [1.54, 1.807) is 0 Å². The van der Waals surface area contributed by atoms with Crippen LogP contribution in [0.5, 0.6) is 0 Å². The Hall–Kier alpha value is -1.42. The number of hydrogen-bond acceptors (Lipinski definition) is 8. The van der Waals surface area contributed by atoms with Gasteiger partial charge in [-0.3, -0.25) is 0 Å². The average molecular weight is 387 g/mol. The molecule has 0 aromatic carbocycles. The quantitative estimate of drug-likeness (QED) is 0.674. The van der Waals surface area contributed by atoms with Gasteiger partial charge in [0, 0.05) is 5.92 Å². The first-order valence-corrected chi connectivity index (χ1v) is 9.47. The fourth-order valence-corrected chi connectivity index (χ4v) is 4.05. The van der Waals surface area contributed by atoms with Gasteiger partial charge >= 0.3 is 12.1 Å². The van der Waals surface area contributed by atoms with E-state index in [9.17, 15) is 14.7 Å². The van der Waals surface area contributed by atoms with Crippen LogP contribution in [0.25, 0.3) is 0 Å². The lowest BCUT2D eigenvalue weighted by molar-refractivity contribution is -0.304. The van der Waals surface area contributed by atoms with E-state index < -0.39 is 42.8 Å². The number of aliphatic hydroxyl groups is 1. The molecule has 0 aromatic heterocycles. The van der Waals surface area contributed by atoms with Crippen molar-refractivity contribution < 1.29 is 38.4 Å². The number of esters is 1. The Balaban J connectivity index is 1.80. The molecule has 0 aromatic rings. The highest BCUT2D eigenvalue weighted by molar-refractivity contribution is 5.75. The molecule has 0 bridgehead atoms. The van der Waals surface area contributed by atoms with Gasteiger partial charge in [-0.15, -0.1) is 0 Å². The molecule has 3 saturated heterocycles. The van der Waals surface area contributed by atoms with Crippen molar-refractivity contribution in [3.8, 4) is 0 Å². The minimum absolute atomic E-state index is 0.193. The molecule has 0 saturated carbocycles. The number of fused-ring (bicyclic) bond motifs is 1. The highest BCUT2D eigenvalue weighted by atomic mass is 16.7. The maximum atomic E-state index is 12.0. The number of aliphatic hydroxyl groups excluding tert-OH is 1. The summed E-state index contributed by atoms with van der Waals surface area (Å²) in [5.41, 5.74) is 0. The zero-order valence-corrected chi connectivity index (χ0v) is 16.3. The van der Waals surface area contributed by atoms with Gasteiger partial charge in [0.15, 0.2) is 18.5 Å². The second-order valence-electron chi connectivity index (χ2n) is 7.59. The number of hydrogen-bond donors (Lipinski definition) is 2. The van der Waals surface area contributed by atoms with Crippen LogP contribution in [-0.2, 0) is 28.5 Å². The highest BCUT2D eigenvalue weighted by Crippen LogP contribution is 2.37. The summed E-state index contributed by atoms with van der Waals surface area (Å²) in [6.07, 6.45) is -4.30. The Labute approximate surface area is 158 Å². The van der Waals surface area contributed by atoms with E-state index in [0.29, 0.717) is 6.42 Å². The van der Waals surface area contributed by atoms with Crippen LogP contribution < -0.4 is 5.32 Å². The van der Waals surface area contributed by atoms with Gasteiger partial charge in [-0.25, -0.2) is 9.59 Å². The molecule has 3 heterocycles. The van der Waals surface area contributed by atoms with Crippen molar-refractivity contribution >= 4 is 12.1 Å². The lowest BCUT2D eigenvalue weighted by Gasteiger charge is -2.46. The second-order valence-corrected chi connectivity index (χ2v) is 7.59. The molecule has 154 valence electrons. The van der Waals surface area contributed by atoms with E-state index >= 15 is 0 Å². The maximum Gasteiger partial charge on any atom is 0.408 e. The van der Waals surface area contributed by atoms with Crippen molar-refractivity contribution in [2.24, 2.45) is 11.8 Å². The first kappa shape index (κ1) is 20.3. The average Bonchev–Trinajstić information content (AvgIpc) is 3.05. The Morgan fingerprint density at radius 3 is 2.56 bits per heavy atom. The number of carbonyl (C=O) groups is 2. The normalized spacial score (nSPS) is 47.0. The zero-order chi connectivity index (χ0) is 19.9. The van der Waals surface area contributed by atoms with E-state index in [0.717, 1.165) is 0 Å². The summed E-state index contributed by atoms with van der Waals surface area (Å²) < 4.78 is 28.2. The van der Waals surface area contributed by atoms with Crippen LogP contribution in [0.2, 0.25) is 0 Å². The minimum Gasteiger partial charge on any atom is -0.467 e. The van der Waals surface area contributed by atoms with Gasteiger partial charge in [-0.05, 0) is 19.3 Å². The summed E-state index contributed by atoms with van der Waals surface area (Å²) in [6.45, 7) is 7.57. The van der Waals surface area contributed by atoms with Crippen LogP contribution in [0.3, 0.4) is 0 Å². The molecule has 4 unspecified atom stereocenters. The molecule has 0 spiro atoms. The number of nitrogens with one attached hydrogen (secondary N) is 1. The zero-order valence-electron chi connectivity index (χ0n) is 16.3. The number of methoxy groups -OCH3 is 1. The first-order valence-electron chi connectivity index (χ1n) is 9.47. The monoisotopic (exact) mass is 387 g/mol. The smallest absolute Gasteiger partial charge is 0.408 e. The Bertz CT molecular complexity index is 572. The van der Waals surface area contributed by atoms with Crippen molar-refractivity contribution in [1.82, 2.24) is 5.32 Å². The van der Waals surface area contributed by atoms with E-state index in [1.165, 1.54) is 7.11 Å². The van der Waals surface area contributed by atoms with Gasteiger partial charge < -0.3 is 34.1 Å². The number of carbonyl (C=O) groups excluding carboxylic acids is 2. The predicted molar refractivity (Wildman–Crippen MR) is 91.7 cm³/mol. The maximum absolute atomic E-state index is 12.0. The third-order valence-electron chi connectivity index (χ3n) is 5.98. The molecule has 3 fully saturated rings. The molecule has 3 aliphatic heterocycles. The van der Waals surface area contributed by atoms with Crippen molar-refractivity contribution in [1.29, 1.82) is 0 Å². The van der Waals surface area contributed by atoms with Crippen LogP contribution >= 0.6 is 0 Å². The molecule has 0 aliphatic carbocycles. The van der Waals surface area contributed by atoms with Crippen molar-refractivity contribution in [2.75, 3.05) is 7.11 Å². The fourth-order valence-electron chi connectivity index (χ4n) is 4.05. The molecule has 1 amide bonds. The molecule has 0 radical (unpaired) electrons. The third kappa shape index (κ3) is 3.65. The van der Waals surface area contributed by atoms with Crippen LogP contribution in [0.15, 0.2) is 0 Å². The summed E-state index contributed by atoms with van der Waals surface area (Å²) in [6, 6.07) is -0.316. The largest absolute Gasteiger partial charge is 0.467 e. The number of amides is 1. The van der Waals surface area contributed by atoms with Gasteiger partial charge in [-0.2, -0.15) is 0 Å². The van der Waals surface area contributed by atoms with Crippen molar-refractivity contribution in [3.05, 3.63) is 0 Å². The molecule has 27 heavy (non-hydrogen) atoms. The van der Waals surface area contributed by atoms with Gasteiger partial charge in [0.25, 0.3) is 0 Å². The molecular weight excluding hydrogens is 358 g/mol. The lowest BCUT2D eigenvalue weighted by atomic mass is 9.84. The summed E-state index contributed by atoms with van der Waals surface area (Å²) in [5, 5.41) is 13.1. The van der Waals surface area contributed by atoms with Crippen molar-refractivity contribution in [2.45, 2.75) is 83.1 Å². The molecule has 9 nitrogen and oxygen atoms in total. The first-order chi connectivity index (χ1) is 12.8. The van der Waals surface area contributed by atoms with E-state index in [4.69, 9.17) is 23.7 Å². The summed E-state index contributed by atoms with van der Waals surface area (Å²) >= 11 is 0. The Kier molecular flexibility index (Phi) is 5.95. The fraction of sp³-hybridized carbons (Fsp3) is 0.889. The number of rotatable bonds is 4. The number of ether oxygens (including phenoxy) is 5. The van der Waals surface area contributed by atoms with Crippen molar-refractivity contribution in [3.63, 3.8) is 0 Å². The van der Waals surface area contributed by atoms with Crippen LogP contribution in [0.1, 0.15) is 34.1 Å². The molecule has 9 heteroatoms. The Morgan fingerprint density at radius 1 is 1.22 bits per heavy atom. The molecule has 3 aliphatic rings. The predicted octanol–water partition coefficient (Wildman–Crippen LogP) is 0.577. The van der Waals surface area contributed by atoms with E-state index in [-0.39, 0.29) is 30.1 Å². The molecule has 3 rings (SSSR count). The number of alkyl carbamates (subject to hydrolysis) is 1. The van der Waals surface area contributed by atoms with Crippen LogP contribution in [0, 0.1) is 11.8 Å². The minimum atomic E-state index is -1.13. The lowest BCUT2D eigenvalue weighted by Crippen LogP contribution is -2.61. The molecular formula is C18H29NO8. The Morgan fingerprint density at radius 2 is 1.93 bits per heavy atom. The van der Waals surface area contributed by atoms with Gasteiger partial charge in [0.2, 0.25) is 0 Å². The summed E-state index contributed by atoms with van der Waals surface area (Å²) in [4.78, 5) is 23.7. The van der Waals surface area contributed by atoms with E-state index in [1.807, 2.05) is 27.7 Å². The SMILES string of the molecule is CCC1O[C@@H](C)[C@H]2NC(=O)OC2[C@@H]1O[C@@H]1OC(C(=O)OC)[C@@H](O)C(C)[C@@H]1C. The van der Waals surface area contributed by atoms with Gasteiger partial charge in [-0.1, -0.05) is 20.8 Å². The molecule has 2 N–H and O–H groups in total. The highest BCUT2D eigenvalue weighted by Gasteiger charge is 2.53. The van der Waals surface area contributed by atoms with Gasteiger partial charge in [0.1, 0.15) is 6.10 Å². The molecule has 10 atom stereocenters. The summed E-state index contributed by atoms with van der Waals surface area (Å²) in [7, 11) is 1.24. The third-order valence-corrected chi connectivity index (χ3v) is 5.98. The van der Waals surface area contributed by atoms with Crippen LogP contribution in [-0.4, -0.2) is 73.2 Å². The van der Waals surface area contributed by atoms with E-state index in [2.05, 4.69) is 5.32 Å². The topological polar surface area (TPSA) is 113 Å². The standard InChI is InChI=1S/C18H29NO8/c1-6-10-13(14-11(9(4)24-10)19-18(22)27-14)25-17-8(3)7(2)12(20)15(26-17)16(21)23-5/h7-15,17,20H,6H2,1-5H3,(H,19,22)/t7?,8-,9-,10?,11+,12-,13+,14?,15?,17+/m0/s1. The second kappa shape index (κ2) is 7.90. The van der Waals surface area contributed by atoms with Gasteiger partial charge in [0.05, 0.1) is 31.5 Å². The summed E-state index contributed by atoms with van der Waals surface area (Å²) in [5.74, 6) is -1.10. The van der Waals surface area contributed by atoms with Crippen LogP contribution in [0.4, 0.5) is 4.79 Å².